The molecule has 1 heterocycles. The fourth-order valence-corrected chi connectivity index (χ4v) is 1.72. The van der Waals surface area contributed by atoms with Gasteiger partial charge in [0.25, 0.3) is 0 Å². The van der Waals surface area contributed by atoms with Crippen LogP contribution < -0.4 is 15.8 Å². The number of rotatable bonds is 1. The summed E-state index contributed by atoms with van der Waals surface area (Å²) in [5, 5.41) is 3.31. The zero-order chi connectivity index (χ0) is 9.26. The first-order valence-corrected chi connectivity index (χ1v) is 4.49. The number of nitrogens with one attached hydrogen (secondary N) is 1. The topological polar surface area (TPSA) is 47.3 Å². The van der Waals surface area contributed by atoms with E-state index in [-0.39, 0.29) is 6.04 Å². The number of hydrogen-bond acceptors (Lipinski definition) is 3. The van der Waals surface area contributed by atoms with Gasteiger partial charge in [-0.25, -0.2) is 0 Å². The lowest BCUT2D eigenvalue weighted by atomic mass is 9.98. The van der Waals surface area contributed by atoms with Crippen molar-refractivity contribution in [1.29, 1.82) is 0 Å². The van der Waals surface area contributed by atoms with E-state index in [1.54, 1.807) is 7.11 Å². The number of fused-ring (bicyclic) bond motifs is 1. The number of ether oxygens (including phenoxy) is 1. The quantitative estimate of drug-likeness (QED) is 0.685. The first-order chi connectivity index (χ1) is 6.33. The van der Waals surface area contributed by atoms with Crippen molar-refractivity contribution in [2.75, 3.05) is 19.0 Å². The summed E-state index contributed by atoms with van der Waals surface area (Å²) in [6.45, 7) is 0.925. The Morgan fingerprint density at radius 2 is 2.38 bits per heavy atom. The van der Waals surface area contributed by atoms with Crippen molar-refractivity contribution >= 4 is 5.69 Å². The highest BCUT2D eigenvalue weighted by Crippen LogP contribution is 2.35. The van der Waals surface area contributed by atoms with E-state index in [9.17, 15) is 0 Å². The van der Waals surface area contributed by atoms with Gasteiger partial charge >= 0.3 is 0 Å². The second kappa shape index (κ2) is 3.26. The minimum Gasteiger partial charge on any atom is -0.495 e. The molecule has 0 spiro atoms. The Morgan fingerprint density at radius 3 is 3.15 bits per heavy atom. The van der Waals surface area contributed by atoms with Gasteiger partial charge in [0, 0.05) is 12.6 Å². The molecule has 0 saturated heterocycles. The Morgan fingerprint density at radius 1 is 1.54 bits per heavy atom. The summed E-state index contributed by atoms with van der Waals surface area (Å²) in [5.41, 5.74) is 8.19. The van der Waals surface area contributed by atoms with Crippen LogP contribution in [0.25, 0.3) is 0 Å². The molecule has 3 N–H and O–H groups in total. The Hall–Kier alpha value is -1.22. The Labute approximate surface area is 77.9 Å². The van der Waals surface area contributed by atoms with E-state index in [4.69, 9.17) is 10.5 Å². The SMILES string of the molecule is COc1cccc2c1NCCC2N. The lowest BCUT2D eigenvalue weighted by Gasteiger charge is -2.25. The van der Waals surface area contributed by atoms with Crippen LogP contribution in [0.2, 0.25) is 0 Å². The third kappa shape index (κ3) is 1.35. The molecule has 1 aromatic carbocycles. The van der Waals surface area contributed by atoms with Gasteiger partial charge in [-0.15, -0.1) is 0 Å². The molecule has 0 bridgehead atoms. The summed E-state index contributed by atoms with van der Waals surface area (Å²) < 4.78 is 5.24. The molecule has 1 aliphatic heterocycles. The van der Waals surface area contributed by atoms with Crippen molar-refractivity contribution in [3.05, 3.63) is 23.8 Å². The molecule has 0 amide bonds. The highest BCUT2D eigenvalue weighted by molar-refractivity contribution is 5.64. The molecule has 3 nitrogen and oxygen atoms in total. The van der Waals surface area contributed by atoms with E-state index in [0.717, 1.165) is 30.0 Å². The highest BCUT2D eigenvalue weighted by Gasteiger charge is 2.18. The van der Waals surface area contributed by atoms with Gasteiger partial charge in [-0.05, 0) is 18.1 Å². The molecule has 1 aliphatic rings. The van der Waals surface area contributed by atoms with E-state index >= 15 is 0 Å². The smallest absolute Gasteiger partial charge is 0.142 e. The molecule has 1 atom stereocenters. The summed E-state index contributed by atoms with van der Waals surface area (Å²) in [7, 11) is 1.68. The van der Waals surface area contributed by atoms with Crippen molar-refractivity contribution < 1.29 is 4.74 Å². The van der Waals surface area contributed by atoms with Crippen molar-refractivity contribution in [2.24, 2.45) is 5.73 Å². The van der Waals surface area contributed by atoms with E-state index < -0.39 is 0 Å². The maximum Gasteiger partial charge on any atom is 0.142 e. The fraction of sp³-hybridized carbons (Fsp3) is 0.400. The van der Waals surface area contributed by atoms with Gasteiger partial charge in [-0.2, -0.15) is 0 Å². The van der Waals surface area contributed by atoms with Gasteiger partial charge in [-0.3, -0.25) is 0 Å². The predicted octanol–water partition coefficient (Wildman–Crippen LogP) is 1.51. The van der Waals surface area contributed by atoms with E-state index in [1.807, 2.05) is 12.1 Å². The molecule has 0 radical (unpaired) electrons. The van der Waals surface area contributed by atoms with Crippen molar-refractivity contribution in [2.45, 2.75) is 12.5 Å². The molecule has 0 fully saturated rings. The standard InChI is InChI=1S/C10H14N2O/c1-13-9-4-2-3-7-8(11)5-6-12-10(7)9/h2-4,8,12H,5-6,11H2,1H3. The summed E-state index contributed by atoms with van der Waals surface area (Å²) in [6.07, 6.45) is 0.986. The number of methoxy groups -OCH3 is 1. The van der Waals surface area contributed by atoms with Gasteiger partial charge in [0.2, 0.25) is 0 Å². The molecule has 3 heteroatoms. The molecule has 70 valence electrons. The van der Waals surface area contributed by atoms with Crippen molar-refractivity contribution in [3.8, 4) is 5.75 Å². The summed E-state index contributed by atoms with van der Waals surface area (Å²) in [6, 6.07) is 6.12. The maximum atomic E-state index is 5.97. The monoisotopic (exact) mass is 178 g/mol. The molecule has 0 aliphatic carbocycles. The zero-order valence-electron chi connectivity index (χ0n) is 7.71. The lowest BCUT2D eigenvalue weighted by molar-refractivity contribution is 0.414. The number of benzene rings is 1. The van der Waals surface area contributed by atoms with Crippen LogP contribution in [0.3, 0.4) is 0 Å². The number of hydrogen-bond donors (Lipinski definition) is 2. The number of para-hydroxylation sites is 1. The molecule has 2 rings (SSSR count). The van der Waals surface area contributed by atoms with Gasteiger partial charge in [0.05, 0.1) is 12.8 Å². The Bertz CT molecular complexity index is 312. The van der Waals surface area contributed by atoms with Crippen LogP contribution in [0.4, 0.5) is 5.69 Å². The van der Waals surface area contributed by atoms with E-state index in [0.29, 0.717) is 0 Å². The first-order valence-electron chi connectivity index (χ1n) is 4.49. The minimum atomic E-state index is 0.145. The normalized spacial score (nSPS) is 20.3. The Kier molecular flexibility index (Phi) is 2.10. The average molecular weight is 178 g/mol. The molecule has 1 aromatic rings. The summed E-state index contributed by atoms with van der Waals surface area (Å²) in [4.78, 5) is 0. The third-order valence-corrected chi connectivity index (χ3v) is 2.43. The first kappa shape index (κ1) is 8.38. The summed E-state index contributed by atoms with van der Waals surface area (Å²) in [5.74, 6) is 0.882. The van der Waals surface area contributed by atoms with Crippen LogP contribution in [-0.2, 0) is 0 Å². The fourth-order valence-electron chi connectivity index (χ4n) is 1.72. The Balaban J connectivity index is 2.48. The van der Waals surface area contributed by atoms with Crippen molar-refractivity contribution in [1.82, 2.24) is 0 Å². The molecule has 1 unspecified atom stereocenters. The molecular weight excluding hydrogens is 164 g/mol. The summed E-state index contributed by atoms with van der Waals surface area (Å²) >= 11 is 0. The highest BCUT2D eigenvalue weighted by atomic mass is 16.5. The zero-order valence-corrected chi connectivity index (χ0v) is 7.71. The van der Waals surface area contributed by atoms with Crippen LogP contribution >= 0.6 is 0 Å². The van der Waals surface area contributed by atoms with Crippen LogP contribution in [0.15, 0.2) is 18.2 Å². The minimum absolute atomic E-state index is 0.145. The van der Waals surface area contributed by atoms with Gasteiger partial charge in [-0.1, -0.05) is 12.1 Å². The van der Waals surface area contributed by atoms with Gasteiger partial charge < -0.3 is 15.8 Å². The predicted molar refractivity (Wildman–Crippen MR) is 53.0 cm³/mol. The second-order valence-electron chi connectivity index (χ2n) is 3.25. The molecule has 0 aromatic heterocycles. The third-order valence-electron chi connectivity index (χ3n) is 2.43. The van der Waals surface area contributed by atoms with Crippen LogP contribution in [0.1, 0.15) is 18.0 Å². The second-order valence-corrected chi connectivity index (χ2v) is 3.25. The van der Waals surface area contributed by atoms with Crippen LogP contribution in [0.5, 0.6) is 5.75 Å². The van der Waals surface area contributed by atoms with Crippen LogP contribution in [-0.4, -0.2) is 13.7 Å². The van der Waals surface area contributed by atoms with Gasteiger partial charge in [0.15, 0.2) is 0 Å². The maximum absolute atomic E-state index is 5.97. The van der Waals surface area contributed by atoms with Crippen LogP contribution in [0, 0.1) is 0 Å². The molecular formula is C10H14N2O. The molecule has 13 heavy (non-hydrogen) atoms. The van der Waals surface area contributed by atoms with Gasteiger partial charge in [0.1, 0.15) is 5.75 Å². The largest absolute Gasteiger partial charge is 0.495 e. The number of anilines is 1. The van der Waals surface area contributed by atoms with E-state index in [2.05, 4.69) is 11.4 Å². The molecule has 0 saturated carbocycles. The average Bonchev–Trinajstić information content (AvgIpc) is 2.18. The van der Waals surface area contributed by atoms with E-state index in [1.165, 1.54) is 0 Å². The number of nitrogens with two attached hydrogens (primary N) is 1. The van der Waals surface area contributed by atoms with Crippen molar-refractivity contribution in [3.63, 3.8) is 0 Å². The lowest BCUT2D eigenvalue weighted by Crippen LogP contribution is -2.22.